The maximum atomic E-state index is 12.5. The van der Waals surface area contributed by atoms with Crippen LogP contribution in [-0.4, -0.2) is 35.0 Å². The third-order valence-electron chi connectivity index (χ3n) is 8.41. The minimum absolute atomic E-state index is 0.223. The summed E-state index contributed by atoms with van der Waals surface area (Å²) in [5.41, 5.74) is 1.62. The summed E-state index contributed by atoms with van der Waals surface area (Å²) in [6.07, 6.45) is 16.8. The quantitative estimate of drug-likeness (QED) is 0.430. The number of benzene rings is 1. The van der Waals surface area contributed by atoms with Gasteiger partial charge in [0.05, 0.1) is 0 Å². The fraction of sp³-hybridized carbons (Fsp3) is 0.741. The van der Waals surface area contributed by atoms with Gasteiger partial charge in [0.1, 0.15) is 0 Å². The highest BCUT2D eigenvalue weighted by Gasteiger charge is 2.49. The van der Waals surface area contributed by atoms with E-state index in [4.69, 9.17) is 0 Å². The predicted octanol–water partition coefficient (Wildman–Crippen LogP) is 6.57. The summed E-state index contributed by atoms with van der Waals surface area (Å²) in [5, 5.41) is 0. The molecule has 3 heteroatoms. The highest BCUT2D eigenvalue weighted by molar-refractivity contribution is 5.74. The largest absolute Gasteiger partial charge is 0.366 e. The van der Waals surface area contributed by atoms with Crippen LogP contribution in [-0.2, 0) is 4.79 Å². The second-order valence-corrected chi connectivity index (χ2v) is 10.4. The van der Waals surface area contributed by atoms with Crippen LogP contribution in [0.5, 0.6) is 0 Å². The van der Waals surface area contributed by atoms with Gasteiger partial charge in [-0.1, -0.05) is 37.5 Å². The Bertz CT molecular complexity index is 673. The van der Waals surface area contributed by atoms with Crippen LogP contribution in [0.15, 0.2) is 30.3 Å². The van der Waals surface area contributed by atoms with E-state index in [-0.39, 0.29) is 5.54 Å². The van der Waals surface area contributed by atoms with Crippen LogP contribution in [0.1, 0.15) is 97.3 Å². The Hall–Kier alpha value is -1.51. The monoisotopic (exact) mass is 410 g/mol. The Labute approximate surface area is 184 Å². The maximum Gasteiger partial charge on any atom is 0.219 e. The van der Waals surface area contributed by atoms with Gasteiger partial charge in [-0.25, -0.2) is 0 Å². The predicted molar refractivity (Wildman–Crippen MR) is 126 cm³/mol. The number of anilines is 1. The molecule has 166 valence electrons. The van der Waals surface area contributed by atoms with Gasteiger partial charge in [-0.2, -0.15) is 0 Å². The Morgan fingerprint density at radius 3 is 2.33 bits per heavy atom. The number of nitrogens with zero attached hydrogens (tertiary/aromatic N) is 2. The van der Waals surface area contributed by atoms with Gasteiger partial charge in [0.2, 0.25) is 5.91 Å². The van der Waals surface area contributed by atoms with E-state index in [0.717, 1.165) is 18.9 Å². The Morgan fingerprint density at radius 2 is 1.73 bits per heavy atom. The molecule has 4 rings (SSSR count). The molecule has 30 heavy (non-hydrogen) atoms. The number of amides is 1. The Kier molecular flexibility index (Phi) is 7.05. The van der Waals surface area contributed by atoms with Crippen molar-refractivity contribution in [3.63, 3.8) is 0 Å². The summed E-state index contributed by atoms with van der Waals surface area (Å²) in [4.78, 5) is 17.5. The van der Waals surface area contributed by atoms with E-state index in [1.807, 2.05) is 0 Å². The lowest BCUT2D eigenvalue weighted by Gasteiger charge is -2.41. The molecule has 1 unspecified atom stereocenters. The zero-order chi connectivity index (χ0) is 21.0. The van der Waals surface area contributed by atoms with Crippen LogP contribution in [0.4, 0.5) is 5.69 Å². The Morgan fingerprint density at radius 1 is 1.03 bits per heavy atom. The molecule has 0 aliphatic heterocycles. The third-order valence-corrected chi connectivity index (χ3v) is 8.41. The molecule has 1 aromatic rings. The summed E-state index contributed by atoms with van der Waals surface area (Å²) in [7, 11) is 0. The summed E-state index contributed by atoms with van der Waals surface area (Å²) in [6.45, 7) is 5.17. The van der Waals surface area contributed by atoms with Gasteiger partial charge in [0.25, 0.3) is 0 Å². The van der Waals surface area contributed by atoms with E-state index in [9.17, 15) is 4.79 Å². The number of unbranched alkanes of at least 4 members (excludes halogenated alkanes) is 1. The molecular formula is C27H42N2O. The molecule has 0 radical (unpaired) electrons. The molecule has 3 aliphatic carbocycles. The van der Waals surface area contributed by atoms with E-state index >= 15 is 0 Å². The first-order valence-electron chi connectivity index (χ1n) is 12.7. The van der Waals surface area contributed by atoms with Gasteiger partial charge in [0, 0.05) is 36.8 Å². The highest BCUT2D eigenvalue weighted by Crippen LogP contribution is 2.51. The first-order valence-corrected chi connectivity index (χ1v) is 12.7. The molecule has 1 atom stereocenters. The normalized spacial score (nSPS) is 27.2. The summed E-state index contributed by atoms with van der Waals surface area (Å²) in [5.74, 6) is 1.19. The van der Waals surface area contributed by atoms with Crippen LogP contribution in [0.3, 0.4) is 0 Å². The summed E-state index contributed by atoms with van der Waals surface area (Å²) < 4.78 is 0. The van der Waals surface area contributed by atoms with Crippen molar-refractivity contribution < 1.29 is 4.79 Å². The fourth-order valence-corrected chi connectivity index (χ4v) is 6.90. The fourth-order valence-electron chi connectivity index (χ4n) is 6.90. The summed E-state index contributed by atoms with van der Waals surface area (Å²) in [6, 6.07) is 12.3. The van der Waals surface area contributed by atoms with Crippen molar-refractivity contribution in [3.05, 3.63) is 30.3 Å². The van der Waals surface area contributed by atoms with Crippen molar-refractivity contribution in [1.82, 2.24) is 4.90 Å². The zero-order valence-electron chi connectivity index (χ0n) is 19.3. The van der Waals surface area contributed by atoms with Gasteiger partial charge >= 0.3 is 0 Å². The van der Waals surface area contributed by atoms with Crippen molar-refractivity contribution in [2.75, 3.05) is 11.4 Å². The van der Waals surface area contributed by atoms with E-state index in [0.29, 0.717) is 18.0 Å². The first-order chi connectivity index (χ1) is 14.6. The van der Waals surface area contributed by atoms with Crippen LogP contribution in [0.2, 0.25) is 0 Å². The van der Waals surface area contributed by atoms with E-state index in [1.54, 1.807) is 6.92 Å². The van der Waals surface area contributed by atoms with Crippen molar-refractivity contribution in [2.45, 2.75) is 115 Å². The number of carbonyl (C=O) groups excluding carboxylic acids is 1. The van der Waals surface area contributed by atoms with Gasteiger partial charge in [-0.3, -0.25) is 4.79 Å². The molecular weight excluding hydrogens is 368 g/mol. The minimum Gasteiger partial charge on any atom is -0.366 e. The topological polar surface area (TPSA) is 23.6 Å². The molecule has 0 N–H and O–H groups in total. The Balaban J connectivity index is 1.33. The molecule has 1 amide bonds. The van der Waals surface area contributed by atoms with Gasteiger partial charge in [-0.05, 0) is 89.2 Å². The molecule has 1 aromatic carbocycles. The maximum absolute atomic E-state index is 12.5. The summed E-state index contributed by atoms with van der Waals surface area (Å²) >= 11 is 0. The van der Waals surface area contributed by atoms with Crippen molar-refractivity contribution in [1.29, 1.82) is 0 Å². The lowest BCUT2D eigenvalue weighted by atomic mass is 9.91. The SMILES string of the molecule is CC(=O)N(CCCCC(C)N(c1ccccc1)C1CCCCC1)C12CCC(CC1)C2. The van der Waals surface area contributed by atoms with Crippen LogP contribution >= 0.6 is 0 Å². The van der Waals surface area contributed by atoms with Crippen LogP contribution < -0.4 is 4.90 Å². The first kappa shape index (κ1) is 21.7. The van der Waals surface area contributed by atoms with E-state index < -0.39 is 0 Å². The van der Waals surface area contributed by atoms with Crippen molar-refractivity contribution in [3.8, 4) is 0 Å². The standard InChI is InChI=1S/C27H42N2O/c1-22(29(25-12-5-3-6-13-25)26-14-7-4-8-15-26)11-9-10-20-28(23(2)30)27-18-16-24(21-27)17-19-27/h3,5-6,12-13,22,24,26H,4,7-11,14-21H2,1-2H3. The average molecular weight is 411 g/mol. The second-order valence-electron chi connectivity index (χ2n) is 10.4. The zero-order valence-corrected chi connectivity index (χ0v) is 19.3. The minimum atomic E-state index is 0.223. The van der Waals surface area contributed by atoms with Gasteiger partial charge < -0.3 is 9.80 Å². The lowest BCUT2D eigenvalue weighted by molar-refractivity contribution is -0.135. The second kappa shape index (κ2) is 9.75. The van der Waals surface area contributed by atoms with Gasteiger partial charge in [0.15, 0.2) is 0 Å². The molecule has 0 heterocycles. The number of rotatable bonds is 9. The molecule has 0 aromatic heterocycles. The smallest absolute Gasteiger partial charge is 0.219 e. The number of carbonyl (C=O) groups is 1. The highest BCUT2D eigenvalue weighted by atomic mass is 16.2. The van der Waals surface area contributed by atoms with Crippen molar-refractivity contribution in [2.24, 2.45) is 5.92 Å². The molecule has 3 aliphatic rings. The molecule has 0 saturated heterocycles. The molecule has 0 spiro atoms. The molecule has 3 fully saturated rings. The van der Waals surface area contributed by atoms with Crippen molar-refractivity contribution >= 4 is 11.6 Å². The van der Waals surface area contributed by atoms with Gasteiger partial charge in [-0.15, -0.1) is 0 Å². The van der Waals surface area contributed by atoms with Crippen LogP contribution in [0.25, 0.3) is 0 Å². The average Bonchev–Trinajstić information content (AvgIpc) is 3.37. The third kappa shape index (κ3) is 4.70. The molecule has 2 bridgehead atoms. The lowest BCUT2D eigenvalue weighted by Crippen LogP contribution is -2.48. The molecule has 3 saturated carbocycles. The van der Waals surface area contributed by atoms with E-state index in [2.05, 4.69) is 47.1 Å². The molecule has 3 nitrogen and oxygen atoms in total. The number of hydrogen-bond donors (Lipinski definition) is 0. The number of hydrogen-bond acceptors (Lipinski definition) is 2. The number of para-hydroxylation sites is 1. The number of fused-ring (bicyclic) bond motifs is 2. The van der Waals surface area contributed by atoms with Crippen LogP contribution in [0, 0.1) is 5.92 Å². The van der Waals surface area contributed by atoms with E-state index in [1.165, 1.54) is 82.7 Å².